The molecule has 0 saturated heterocycles. The molecule has 7 heteroatoms. The maximum absolute atomic E-state index is 13.2. The summed E-state index contributed by atoms with van der Waals surface area (Å²) < 4.78 is 53.8. The van der Waals surface area contributed by atoms with Gasteiger partial charge in [0, 0.05) is 30.5 Å². The van der Waals surface area contributed by atoms with E-state index in [9.17, 15) is 22.4 Å². The highest BCUT2D eigenvalue weighted by molar-refractivity contribution is 5.94. The van der Waals surface area contributed by atoms with Crippen molar-refractivity contribution in [3.05, 3.63) is 95.1 Å². The first-order valence-corrected chi connectivity index (χ1v) is 10.6. The number of hydrogen-bond donors (Lipinski definition) is 0. The Morgan fingerprint density at radius 2 is 1.66 bits per heavy atom. The van der Waals surface area contributed by atoms with Gasteiger partial charge in [-0.2, -0.15) is 13.2 Å². The molecule has 0 fully saturated rings. The first-order valence-electron chi connectivity index (χ1n) is 10.6. The highest BCUT2D eigenvalue weighted by atomic mass is 19.4. The number of carbonyl (C=O) groups excluding carboxylic acids is 1. The normalized spacial score (nSPS) is 11.5. The summed E-state index contributed by atoms with van der Waals surface area (Å²) in [6.45, 7) is 3.43. The molecule has 0 aliphatic heterocycles. The van der Waals surface area contributed by atoms with Crippen LogP contribution in [0.1, 0.15) is 53.4 Å². The predicted molar refractivity (Wildman–Crippen MR) is 116 cm³/mol. The lowest BCUT2D eigenvalue weighted by atomic mass is 10.1. The third-order valence-electron chi connectivity index (χ3n) is 5.32. The summed E-state index contributed by atoms with van der Waals surface area (Å²) in [7, 11) is 0. The smallest absolute Gasteiger partial charge is 0.345 e. The molecule has 32 heavy (non-hydrogen) atoms. The fourth-order valence-corrected chi connectivity index (χ4v) is 3.52. The molecular formula is C25H26F4N2O. The zero-order valence-electron chi connectivity index (χ0n) is 17.9. The van der Waals surface area contributed by atoms with Crippen LogP contribution in [0.3, 0.4) is 0 Å². The Labute approximate surface area is 185 Å². The Bertz CT molecular complexity index is 1010. The van der Waals surface area contributed by atoms with Gasteiger partial charge in [0.15, 0.2) is 0 Å². The SMILES string of the molecule is CCCCCN(Cc1cccn1Cc1ccc(F)cc1)C(=O)c1ccc(C(F)(F)F)cc1. The molecule has 0 radical (unpaired) electrons. The van der Waals surface area contributed by atoms with Crippen LogP contribution >= 0.6 is 0 Å². The molecule has 0 spiro atoms. The average molecular weight is 446 g/mol. The summed E-state index contributed by atoms with van der Waals surface area (Å²) in [4.78, 5) is 14.8. The Kier molecular flexibility index (Phi) is 7.72. The minimum atomic E-state index is -4.44. The van der Waals surface area contributed by atoms with Crippen LogP contribution in [0.2, 0.25) is 0 Å². The van der Waals surface area contributed by atoms with E-state index in [4.69, 9.17) is 0 Å². The van der Waals surface area contributed by atoms with Crippen molar-refractivity contribution in [3.63, 3.8) is 0 Å². The van der Waals surface area contributed by atoms with Gasteiger partial charge in [0.2, 0.25) is 0 Å². The van der Waals surface area contributed by atoms with Crippen LogP contribution in [-0.2, 0) is 19.3 Å². The van der Waals surface area contributed by atoms with Gasteiger partial charge >= 0.3 is 6.18 Å². The molecule has 1 amide bonds. The fourth-order valence-electron chi connectivity index (χ4n) is 3.52. The summed E-state index contributed by atoms with van der Waals surface area (Å²) in [6, 6.07) is 14.4. The van der Waals surface area contributed by atoms with Gasteiger partial charge < -0.3 is 9.47 Å². The van der Waals surface area contributed by atoms with E-state index >= 15 is 0 Å². The molecule has 1 heterocycles. The van der Waals surface area contributed by atoms with Crippen molar-refractivity contribution in [2.75, 3.05) is 6.54 Å². The number of unbranched alkanes of at least 4 members (excludes halogenated alkanes) is 2. The molecule has 0 atom stereocenters. The van der Waals surface area contributed by atoms with Crippen LogP contribution in [0.4, 0.5) is 17.6 Å². The Morgan fingerprint density at radius 3 is 2.28 bits per heavy atom. The number of amides is 1. The maximum Gasteiger partial charge on any atom is 0.416 e. The van der Waals surface area contributed by atoms with Crippen molar-refractivity contribution in [3.8, 4) is 0 Å². The molecule has 0 bridgehead atoms. The summed E-state index contributed by atoms with van der Waals surface area (Å²) in [5.41, 5.74) is 1.27. The standard InChI is InChI=1S/C25H26F4N2O/c1-2-3-4-15-31(24(32)20-9-11-21(12-10-20)25(27,28)29)18-23-6-5-16-30(23)17-19-7-13-22(26)14-8-19/h5-14,16H,2-4,15,17-18H2,1H3. The Morgan fingerprint density at radius 1 is 0.969 bits per heavy atom. The van der Waals surface area contributed by atoms with Gasteiger partial charge in [-0.05, 0) is 60.5 Å². The molecule has 170 valence electrons. The van der Waals surface area contributed by atoms with Crippen molar-refractivity contribution in [2.24, 2.45) is 0 Å². The summed E-state index contributed by atoms with van der Waals surface area (Å²) in [5.74, 6) is -0.602. The van der Waals surface area contributed by atoms with E-state index in [2.05, 4.69) is 6.92 Å². The first kappa shape index (κ1) is 23.6. The van der Waals surface area contributed by atoms with Crippen LogP contribution in [0.25, 0.3) is 0 Å². The van der Waals surface area contributed by atoms with Crippen LogP contribution in [0, 0.1) is 5.82 Å². The van der Waals surface area contributed by atoms with E-state index < -0.39 is 11.7 Å². The number of benzene rings is 2. The van der Waals surface area contributed by atoms with Gasteiger partial charge in [-0.15, -0.1) is 0 Å². The maximum atomic E-state index is 13.2. The van der Waals surface area contributed by atoms with Gasteiger partial charge in [-0.3, -0.25) is 4.79 Å². The van der Waals surface area contributed by atoms with Crippen molar-refractivity contribution in [1.29, 1.82) is 0 Å². The number of hydrogen-bond acceptors (Lipinski definition) is 1. The number of aromatic nitrogens is 1. The zero-order valence-corrected chi connectivity index (χ0v) is 17.9. The third kappa shape index (κ3) is 6.22. The van der Waals surface area contributed by atoms with Crippen molar-refractivity contribution >= 4 is 5.91 Å². The van der Waals surface area contributed by atoms with Crippen molar-refractivity contribution in [1.82, 2.24) is 9.47 Å². The lowest BCUT2D eigenvalue weighted by Gasteiger charge is -2.24. The summed E-state index contributed by atoms with van der Waals surface area (Å²) in [5, 5.41) is 0. The van der Waals surface area contributed by atoms with E-state index in [1.54, 1.807) is 17.0 Å². The Balaban J connectivity index is 1.78. The monoisotopic (exact) mass is 446 g/mol. The molecule has 0 N–H and O–H groups in total. The summed E-state index contributed by atoms with van der Waals surface area (Å²) >= 11 is 0. The van der Waals surface area contributed by atoms with E-state index in [0.29, 0.717) is 19.6 Å². The van der Waals surface area contributed by atoms with E-state index in [1.165, 1.54) is 24.3 Å². The molecule has 1 aromatic heterocycles. The molecular weight excluding hydrogens is 420 g/mol. The van der Waals surface area contributed by atoms with Crippen molar-refractivity contribution in [2.45, 2.75) is 45.5 Å². The van der Waals surface area contributed by atoms with E-state index in [0.717, 1.165) is 42.7 Å². The van der Waals surface area contributed by atoms with Crippen LogP contribution < -0.4 is 0 Å². The van der Waals surface area contributed by atoms with E-state index in [-0.39, 0.29) is 17.3 Å². The van der Waals surface area contributed by atoms with Gasteiger partial charge in [-0.1, -0.05) is 31.9 Å². The quantitative estimate of drug-likeness (QED) is 0.271. The molecule has 3 rings (SSSR count). The van der Waals surface area contributed by atoms with Gasteiger partial charge in [0.25, 0.3) is 5.91 Å². The second kappa shape index (κ2) is 10.5. The topological polar surface area (TPSA) is 25.2 Å². The highest BCUT2D eigenvalue weighted by Gasteiger charge is 2.30. The van der Waals surface area contributed by atoms with Crippen LogP contribution in [0.5, 0.6) is 0 Å². The molecule has 3 nitrogen and oxygen atoms in total. The molecule has 3 aromatic rings. The van der Waals surface area contributed by atoms with Crippen LogP contribution in [0.15, 0.2) is 66.9 Å². The van der Waals surface area contributed by atoms with Gasteiger partial charge in [-0.25, -0.2) is 4.39 Å². The number of alkyl halides is 3. The summed E-state index contributed by atoms with van der Waals surface area (Å²) in [6.07, 6.45) is 0.202. The molecule has 2 aromatic carbocycles. The minimum Gasteiger partial charge on any atom is -0.345 e. The molecule has 0 aliphatic carbocycles. The number of nitrogens with zero attached hydrogens (tertiary/aromatic N) is 2. The number of rotatable bonds is 9. The Hall–Kier alpha value is -3.09. The van der Waals surface area contributed by atoms with Crippen molar-refractivity contribution < 1.29 is 22.4 Å². The van der Waals surface area contributed by atoms with Crippen LogP contribution in [-0.4, -0.2) is 21.9 Å². The lowest BCUT2D eigenvalue weighted by molar-refractivity contribution is -0.137. The number of carbonyl (C=O) groups is 1. The van der Waals surface area contributed by atoms with Gasteiger partial charge in [0.1, 0.15) is 5.82 Å². The second-order valence-corrected chi connectivity index (χ2v) is 7.76. The lowest BCUT2D eigenvalue weighted by Crippen LogP contribution is -2.32. The number of halogens is 4. The largest absolute Gasteiger partial charge is 0.416 e. The third-order valence-corrected chi connectivity index (χ3v) is 5.32. The second-order valence-electron chi connectivity index (χ2n) is 7.76. The molecule has 0 unspecified atom stereocenters. The highest BCUT2D eigenvalue weighted by Crippen LogP contribution is 2.29. The molecule has 0 aliphatic rings. The average Bonchev–Trinajstić information content (AvgIpc) is 3.20. The van der Waals surface area contributed by atoms with Gasteiger partial charge in [0.05, 0.1) is 12.1 Å². The molecule has 0 saturated carbocycles. The first-order chi connectivity index (χ1) is 15.3. The predicted octanol–water partition coefficient (Wildman–Crippen LogP) is 6.53. The minimum absolute atomic E-state index is 0.228. The van der Waals surface area contributed by atoms with E-state index in [1.807, 2.05) is 22.9 Å². The zero-order chi connectivity index (χ0) is 23.1. The fraction of sp³-hybridized carbons (Fsp3) is 0.320.